The average Bonchev–Trinajstić information content (AvgIpc) is 2.99. The summed E-state index contributed by atoms with van der Waals surface area (Å²) in [6.45, 7) is 1.48. The van der Waals surface area contributed by atoms with Crippen molar-refractivity contribution >= 4 is 39.9 Å². The van der Waals surface area contributed by atoms with Crippen LogP contribution in [0.1, 0.15) is 24.3 Å². The molecule has 1 amide bonds. The number of hydrogen-bond donors (Lipinski definition) is 1. The van der Waals surface area contributed by atoms with Crippen molar-refractivity contribution in [1.29, 1.82) is 0 Å². The summed E-state index contributed by atoms with van der Waals surface area (Å²) < 4.78 is 1.20. The number of halogens is 1. The second kappa shape index (κ2) is 5.91. The van der Waals surface area contributed by atoms with Crippen molar-refractivity contribution in [2.75, 3.05) is 6.54 Å². The largest absolute Gasteiger partial charge is 0.334 e. The second-order valence-electron chi connectivity index (χ2n) is 5.69. The van der Waals surface area contributed by atoms with Crippen LogP contribution in [0.3, 0.4) is 0 Å². The Morgan fingerprint density at radius 1 is 1.29 bits per heavy atom. The van der Waals surface area contributed by atoms with E-state index in [4.69, 9.17) is 0 Å². The molecule has 2 saturated heterocycles. The smallest absolute Gasteiger partial charge is 0.224 e. The molecule has 2 aliphatic rings. The summed E-state index contributed by atoms with van der Waals surface area (Å²) in [4.78, 5) is 18.9. The minimum atomic E-state index is 0. The van der Waals surface area contributed by atoms with Gasteiger partial charge in [-0.05, 0) is 25.0 Å². The van der Waals surface area contributed by atoms with Crippen LogP contribution in [0.15, 0.2) is 24.3 Å². The SMILES string of the molecule is Cl.O=C1C[C@H]2CC[C@@H](CN1Cc1nc3ccccc3s1)N2. The Hall–Kier alpha value is -1.17. The number of para-hydroxylation sites is 1. The Balaban J connectivity index is 0.00000132. The standard InChI is InChI=1S/C15H17N3OS.ClH/c19-15-7-10-5-6-11(16-10)8-18(15)9-14-17-12-3-1-2-4-13(12)20-14;/h1-4,10-11,16H,5-9H2;1H/t10-,11+;/m1./s1. The summed E-state index contributed by atoms with van der Waals surface area (Å²) >= 11 is 1.69. The minimum Gasteiger partial charge on any atom is -0.334 e. The lowest BCUT2D eigenvalue weighted by Gasteiger charge is -2.23. The highest BCUT2D eigenvalue weighted by Crippen LogP contribution is 2.26. The van der Waals surface area contributed by atoms with Gasteiger partial charge in [0, 0.05) is 25.0 Å². The summed E-state index contributed by atoms with van der Waals surface area (Å²) in [6.07, 6.45) is 2.97. The average molecular weight is 324 g/mol. The zero-order chi connectivity index (χ0) is 13.5. The first-order valence-corrected chi connectivity index (χ1v) is 7.98. The third-order valence-corrected chi connectivity index (χ3v) is 5.23. The Bertz CT molecular complexity index is 626. The molecule has 1 aromatic heterocycles. The van der Waals surface area contributed by atoms with Crippen LogP contribution in [0, 0.1) is 0 Å². The minimum absolute atomic E-state index is 0. The summed E-state index contributed by atoms with van der Waals surface area (Å²) in [5, 5.41) is 4.59. The number of carbonyl (C=O) groups is 1. The van der Waals surface area contributed by atoms with Gasteiger partial charge in [0.2, 0.25) is 5.91 Å². The molecule has 0 radical (unpaired) electrons. The van der Waals surface area contributed by atoms with Crippen molar-refractivity contribution in [3.63, 3.8) is 0 Å². The van der Waals surface area contributed by atoms with Gasteiger partial charge in [0.05, 0.1) is 16.8 Å². The fraction of sp³-hybridized carbons (Fsp3) is 0.467. The summed E-state index contributed by atoms with van der Waals surface area (Å²) in [5.74, 6) is 0.268. The molecule has 112 valence electrons. The first-order chi connectivity index (χ1) is 9.78. The predicted octanol–water partition coefficient (Wildman–Crippen LogP) is 2.57. The van der Waals surface area contributed by atoms with E-state index >= 15 is 0 Å². The monoisotopic (exact) mass is 323 g/mol. The van der Waals surface area contributed by atoms with Crippen LogP contribution in [0.5, 0.6) is 0 Å². The van der Waals surface area contributed by atoms with Crippen LogP contribution < -0.4 is 5.32 Å². The number of fused-ring (bicyclic) bond motifs is 3. The molecule has 6 heteroatoms. The molecule has 2 atom stereocenters. The number of benzene rings is 1. The van der Waals surface area contributed by atoms with E-state index in [1.165, 1.54) is 11.1 Å². The maximum atomic E-state index is 12.3. The van der Waals surface area contributed by atoms with Gasteiger partial charge in [-0.1, -0.05) is 12.1 Å². The highest BCUT2D eigenvalue weighted by atomic mass is 35.5. The molecular formula is C15H18ClN3OS. The van der Waals surface area contributed by atoms with Gasteiger partial charge in [0.25, 0.3) is 0 Å². The van der Waals surface area contributed by atoms with Gasteiger partial charge in [-0.3, -0.25) is 4.79 Å². The van der Waals surface area contributed by atoms with Crippen LogP contribution in [0.2, 0.25) is 0 Å². The number of likely N-dealkylation sites (tertiary alicyclic amines) is 1. The molecule has 0 aliphatic carbocycles. The number of rotatable bonds is 2. The van der Waals surface area contributed by atoms with Crippen molar-refractivity contribution in [1.82, 2.24) is 15.2 Å². The number of carbonyl (C=O) groups excluding carboxylic acids is 1. The zero-order valence-corrected chi connectivity index (χ0v) is 13.3. The number of hydrogen-bond acceptors (Lipinski definition) is 4. The van der Waals surface area contributed by atoms with E-state index in [0.29, 0.717) is 25.0 Å². The van der Waals surface area contributed by atoms with Crippen LogP contribution in [0.25, 0.3) is 10.2 Å². The van der Waals surface area contributed by atoms with Crippen LogP contribution in [-0.2, 0) is 11.3 Å². The third kappa shape index (κ3) is 2.91. The Kier molecular flexibility index (Phi) is 4.15. The predicted molar refractivity (Wildman–Crippen MR) is 86.8 cm³/mol. The van der Waals surface area contributed by atoms with E-state index in [9.17, 15) is 4.79 Å². The fourth-order valence-corrected chi connectivity index (χ4v) is 4.20. The van der Waals surface area contributed by atoms with Gasteiger partial charge in [0.15, 0.2) is 0 Å². The first-order valence-electron chi connectivity index (χ1n) is 7.16. The third-order valence-electron chi connectivity index (χ3n) is 4.21. The van der Waals surface area contributed by atoms with Crippen molar-refractivity contribution in [2.45, 2.75) is 37.9 Å². The molecule has 0 spiro atoms. The van der Waals surface area contributed by atoms with Gasteiger partial charge < -0.3 is 10.2 Å². The van der Waals surface area contributed by atoms with Gasteiger partial charge >= 0.3 is 0 Å². The summed E-state index contributed by atoms with van der Waals surface area (Å²) in [5.41, 5.74) is 1.04. The van der Waals surface area contributed by atoms with Gasteiger partial charge in [0.1, 0.15) is 5.01 Å². The van der Waals surface area contributed by atoms with Crippen molar-refractivity contribution < 1.29 is 4.79 Å². The first kappa shape index (κ1) is 14.8. The lowest BCUT2D eigenvalue weighted by Crippen LogP contribution is -2.37. The van der Waals surface area contributed by atoms with Crippen molar-refractivity contribution in [3.8, 4) is 0 Å². The number of aromatic nitrogens is 1. The van der Waals surface area contributed by atoms with Crippen molar-refractivity contribution in [2.24, 2.45) is 0 Å². The lowest BCUT2D eigenvalue weighted by atomic mass is 10.1. The number of nitrogens with zero attached hydrogens (tertiary/aromatic N) is 2. The molecule has 2 bridgehead atoms. The van der Waals surface area contributed by atoms with Crippen LogP contribution >= 0.6 is 23.7 Å². The van der Waals surface area contributed by atoms with E-state index in [1.807, 2.05) is 23.1 Å². The number of thiazole rings is 1. The molecular weight excluding hydrogens is 306 g/mol. The molecule has 0 saturated carbocycles. The van der Waals surface area contributed by atoms with E-state index in [0.717, 1.165) is 23.5 Å². The summed E-state index contributed by atoms with van der Waals surface area (Å²) in [7, 11) is 0. The summed E-state index contributed by atoms with van der Waals surface area (Å²) in [6, 6.07) is 9.03. The van der Waals surface area contributed by atoms with Gasteiger partial charge in [-0.2, -0.15) is 0 Å². The molecule has 1 aromatic carbocycles. The Morgan fingerprint density at radius 2 is 2.10 bits per heavy atom. The van der Waals surface area contributed by atoms with Crippen LogP contribution in [0.4, 0.5) is 0 Å². The molecule has 2 fully saturated rings. The molecule has 21 heavy (non-hydrogen) atoms. The zero-order valence-electron chi connectivity index (χ0n) is 11.6. The number of amides is 1. The maximum Gasteiger partial charge on any atom is 0.224 e. The maximum absolute atomic E-state index is 12.3. The molecule has 4 nitrogen and oxygen atoms in total. The normalized spacial score (nSPS) is 25.0. The van der Waals surface area contributed by atoms with Gasteiger partial charge in [-0.15, -0.1) is 23.7 Å². The highest BCUT2D eigenvalue weighted by Gasteiger charge is 2.33. The molecule has 2 aliphatic heterocycles. The van der Waals surface area contributed by atoms with E-state index in [-0.39, 0.29) is 18.3 Å². The highest BCUT2D eigenvalue weighted by molar-refractivity contribution is 7.18. The molecule has 1 N–H and O–H groups in total. The topological polar surface area (TPSA) is 45.2 Å². The van der Waals surface area contributed by atoms with E-state index in [2.05, 4.69) is 16.4 Å². The second-order valence-corrected chi connectivity index (χ2v) is 6.81. The quantitative estimate of drug-likeness (QED) is 0.924. The lowest BCUT2D eigenvalue weighted by molar-refractivity contribution is -0.131. The molecule has 4 rings (SSSR count). The van der Waals surface area contributed by atoms with Crippen LogP contribution in [-0.4, -0.2) is 34.4 Å². The van der Waals surface area contributed by atoms with E-state index in [1.54, 1.807) is 11.3 Å². The number of nitrogens with one attached hydrogen (secondary N) is 1. The fourth-order valence-electron chi connectivity index (χ4n) is 3.22. The van der Waals surface area contributed by atoms with Gasteiger partial charge in [-0.25, -0.2) is 4.98 Å². The molecule has 0 unspecified atom stereocenters. The Labute approximate surface area is 134 Å². The molecule has 2 aromatic rings. The molecule has 3 heterocycles. The van der Waals surface area contributed by atoms with E-state index < -0.39 is 0 Å². The van der Waals surface area contributed by atoms with Crippen molar-refractivity contribution in [3.05, 3.63) is 29.3 Å². The Morgan fingerprint density at radius 3 is 2.95 bits per heavy atom.